The number of hydrogen-bond acceptors (Lipinski definition) is 5. The van der Waals surface area contributed by atoms with Crippen molar-refractivity contribution >= 4 is 33.3 Å². The molecule has 0 saturated carbocycles. The predicted molar refractivity (Wildman–Crippen MR) is 95.6 cm³/mol. The molecule has 0 aromatic heterocycles. The van der Waals surface area contributed by atoms with Gasteiger partial charge in [0, 0.05) is 5.69 Å². The van der Waals surface area contributed by atoms with Crippen LogP contribution in [-0.4, -0.2) is 28.1 Å². The van der Waals surface area contributed by atoms with Gasteiger partial charge in [0.25, 0.3) is 10.0 Å². The Morgan fingerprint density at radius 1 is 1.16 bits per heavy atom. The van der Waals surface area contributed by atoms with Crippen molar-refractivity contribution in [2.24, 2.45) is 0 Å². The summed E-state index contributed by atoms with van der Waals surface area (Å²) in [7, 11) is -2.34. The van der Waals surface area contributed by atoms with Gasteiger partial charge in [0.1, 0.15) is 5.75 Å². The molecule has 1 N–H and O–H groups in total. The summed E-state index contributed by atoms with van der Waals surface area (Å²) < 4.78 is 37.2. The fourth-order valence-electron chi connectivity index (χ4n) is 2.10. The second kappa shape index (κ2) is 8.22. The number of benzene rings is 2. The number of sulfonamides is 1. The largest absolute Gasteiger partial charge is 0.495 e. The van der Waals surface area contributed by atoms with Gasteiger partial charge in [-0.15, -0.1) is 0 Å². The highest BCUT2D eigenvalue weighted by Crippen LogP contribution is 2.27. The molecule has 6 nitrogen and oxygen atoms in total. The molecule has 0 saturated heterocycles. The molecule has 0 radical (unpaired) electrons. The number of esters is 1. The SMILES string of the molecule is CCOC(=O)Cc1ccc(NS(=O)(=O)c2ccc(OC)c(Cl)c2)cc1. The Morgan fingerprint density at radius 3 is 2.40 bits per heavy atom. The minimum Gasteiger partial charge on any atom is -0.495 e. The third-order valence-corrected chi connectivity index (χ3v) is 4.97. The fourth-order valence-corrected chi connectivity index (χ4v) is 3.50. The van der Waals surface area contributed by atoms with Gasteiger partial charge in [-0.1, -0.05) is 23.7 Å². The first kappa shape index (κ1) is 19.1. The van der Waals surface area contributed by atoms with E-state index in [0.29, 0.717) is 18.0 Å². The summed E-state index contributed by atoms with van der Waals surface area (Å²) in [5.41, 5.74) is 1.11. The minimum absolute atomic E-state index is 0.0221. The van der Waals surface area contributed by atoms with Crippen LogP contribution in [0.1, 0.15) is 12.5 Å². The maximum Gasteiger partial charge on any atom is 0.310 e. The van der Waals surface area contributed by atoms with Crippen LogP contribution < -0.4 is 9.46 Å². The Bertz CT molecular complexity index is 850. The average molecular weight is 384 g/mol. The molecule has 0 aliphatic heterocycles. The summed E-state index contributed by atoms with van der Waals surface area (Å²) in [6.07, 6.45) is 0.134. The number of carbonyl (C=O) groups is 1. The third-order valence-electron chi connectivity index (χ3n) is 3.29. The van der Waals surface area contributed by atoms with Crippen LogP contribution >= 0.6 is 11.6 Å². The van der Waals surface area contributed by atoms with E-state index in [9.17, 15) is 13.2 Å². The van der Waals surface area contributed by atoms with Crippen molar-refractivity contribution in [3.8, 4) is 5.75 Å². The molecule has 2 aromatic rings. The van der Waals surface area contributed by atoms with Crippen molar-refractivity contribution in [2.75, 3.05) is 18.4 Å². The van der Waals surface area contributed by atoms with E-state index in [-0.39, 0.29) is 22.3 Å². The number of halogens is 1. The van der Waals surface area contributed by atoms with Crippen LogP contribution in [0, 0.1) is 0 Å². The minimum atomic E-state index is -3.79. The molecule has 2 rings (SSSR count). The van der Waals surface area contributed by atoms with Crippen LogP contribution in [-0.2, 0) is 26.0 Å². The predicted octanol–water partition coefficient (Wildman–Crippen LogP) is 3.26. The van der Waals surface area contributed by atoms with E-state index in [1.165, 1.54) is 25.3 Å². The van der Waals surface area contributed by atoms with Gasteiger partial charge in [-0.05, 0) is 42.8 Å². The fraction of sp³-hybridized carbons (Fsp3) is 0.235. The summed E-state index contributed by atoms with van der Waals surface area (Å²) in [5, 5.41) is 0.204. The van der Waals surface area contributed by atoms with Crippen molar-refractivity contribution in [3.63, 3.8) is 0 Å². The topological polar surface area (TPSA) is 81.7 Å². The maximum atomic E-state index is 12.4. The number of nitrogens with one attached hydrogen (secondary N) is 1. The zero-order valence-corrected chi connectivity index (χ0v) is 15.4. The van der Waals surface area contributed by atoms with Gasteiger partial charge in [-0.25, -0.2) is 8.42 Å². The van der Waals surface area contributed by atoms with Gasteiger partial charge in [0.05, 0.1) is 30.1 Å². The van der Waals surface area contributed by atoms with Crippen molar-refractivity contribution in [1.82, 2.24) is 0 Å². The van der Waals surface area contributed by atoms with Crippen LogP contribution in [0.15, 0.2) is 47.4 Å². The Balaban J connectivity index is 2.12. The Kier molecular flexibility index (Phi) is 6.27. The first-order valence-corrected chi connectivity index (χ1v) is 9.32. The molecular weight excluding hydrogens is 366 g/mol. The molecule has 0 atom stereocenters. The number of methoxy groups -OCH3 is 1. The van der Waals surface area contributed by atoms with Crippen LogP contribution in [0.3, 0.4) is 0 Å². The molecule has 0 bridgehead atoms. The number of hydrogen-bond donors (Lipinski definition) is 1. The second-order valence-corrected chi connectivity index (χ2v) is 7.17. The monoisotopic (exact) mass is 383 g/mol. The molecular formula is C17H18ClNO5S. The molecule has 0 spiro atoms. The molecule has 8 heteroatoms. The van der Waals surface area contributed by atoms with E-state index in [1.807, 2.05) is 0 Å². The quantitative estimate of drug-likeness (QED) is 0.742. The molecule has 134 valence electrons. The summed E-state index contributed by atoms with van der Waals surface area (Å²) in [6.45, 7) is 2.06. The van der Waals surface area contributed by atoms with Crippen molar-refractivity contribution in [2.45, 2.75) is 18.2 Å². The van der Waals surface area contributed by atoms with Crippen LogP contribution in [0.5, 0.6) is 5.75 Å². The molecule has 0 aliphatic rings. The van der Waals surface area contributed by atoms with Gasteiger partial charge >= 0.3 is 5.97 Å². The number of rotatable bonds is 7. The average Bonchev–Trinajstić information content (AvgIpc) is 2.56. The highest BCUT2D eigenvalue weighted by Gasteiger charge is 2.16. The Morgan fingerprint density at radius 2 is 1.84 bits per heavy atom. The summed E-state index contributed by atoms with van der Waals surface area (Å²) in [5.74, 6) is 0.0626. The molecule has 0 unspecified atom stereocenters. The Hall–Kier alpha value is -2.25. The molecule has 0 aliphatic carbocycles. The normalized spacial score (nSPS) is 11.0. The van der Waals surface area contributed by atoms with Gasteiger partial charge < -0.3 is 9.47 Å². The summed E-state index contributed by atoms with van der Waals surface area (Å²) in [6, 6.07) is 10.7. The number of carbonyl (C=O) groups excluding carboxylic acids is 1. The van der Waals surface area contributed by atoms with Gasteiger partial charge in [0.2, 0.25) is 0 Å². The lowest BCUT2D eigenvalue weighted by Crippen LogP contribution is -2.13. The molecule has 0 heterocycles. The standard InChI is InChI=1S/C17H18ClNO5S/c1-3-24-17(20)10-12-4-6-13(7-5-12)19-25(21,22)14-8-9-16(23-2)15(18)11-14/h4-9,11,19H,3,10H2,1-2H3. The molecule has 0 fully saturated rings. The van der Waals surface area contributed by atoms with Gasteiger partial charge in [-0.3, -0.25) is 9.52 Å². The second-order valence-electron chi connectivity index (χ2n) is 5.08. The molecule has 2 aromatic carbocycles. The third kappa shape index (κ3) is 5.11. The number of ether oxygens (including phenoxy) is 2. The summed E-state index contributed by atoms with van der Waals surface area (Å²) in [4.78, 5) is 11.5. The van der Waals surface area contributed by atoms with E-state index < -0.39 is 10.0 Å². The lowest BCUT2D eigenvalue weighted by Gasteiger charge is -2.10. The van der Waals surface area contributed by atoms with Gasteiger partial charge in [0.15, 0.2) is 0 Å². The Labute approximate surface area is 151 Å². The zero-order chi connectivity index (χ0) is 18.4. The van der Waals surface area contributed by atoms with Gasteiger partial charge in [-0.2, -0.15) is 0 Å². The van der Waals surface area contributed by atoms with Crippen molar-refractivity contribution < 1.29 is 22.7 Å². The van der Waals surface area contributed by atoms with Crippen molar-refractivity contribution in [3.05, 3.63) is 53.1 Å². The molecule has 0 amide bonds. The lowest BCUT2D eigenvalue weighted by atomic mass is 10.1. The summed E-state index contributed by atoms with van der Waals surface area (Å²) >= 11 is 5.97. The van der Waals surface area contributed by atoms with Crippen LogP contribution in [0.4, 0.5) is 5.69 Å². The highest BCUT2D eigenvalue weighted by molar-refractivity contribution is 7.92. The first-order chi connectivity index (χ1) is 11.9. The smallest absolute Gasteiger partial charge is 0.310 e. The van der Waals surface area contributed by atoms with E-state index in [0.717, 1.165) is 5.56 Å². The van der Waals surface area contributed by atoms with E-state index >= 15 is 0 Å². The van der Waals surface area contributed by atoms with Crippen LogP contribution in [0.2, 0.25) is 5.02 Å². The number of anilines is 1. The van der Waals surface area contributed by atoms with E-state index in [1.54, 1.807) is 31.2 Å². The van der Waals surface area contributed by atoms with E-state index in [2.05, 4.69) is 4.72 Å². The van der Waals surface area contributed by atoms with E-state index in [4.69, 9.17) is 21.1 Å². The maximum absolute atomic E-state index is 12.4. The highest BCUT2D eigenvalue weighted by atomic mass is 35.5. The van der Waals surface area contributed by atoms with Crippen LogP contribution in [0.25, 0.3) is 0 Å². The van der Waals surface area contributed by atoms with Crippen molar-refractivity contribution in [1.29, 1.82) is 0 Å². The molecule has 25 heavy (non-hydrogen) atoms. The first-order valence-electron chi connectivity index (χ1n) is 7.46. The lowest BCUT2D eigenvalue weighted by molar-refractivity contribution is -0.142. The zero-order valence-electron chi connectivity index (χ0n) is 13.8.